The van der Waals surface area contributed by atoms with Crippen LogP contribution in [-0.4, -0.2) is 23.7 Å². The Morgan fingerprint density at radius 1 is 1.24 bits per heavy atom. The number of amides is 1. The maximum absolute atomic E-state index is 12.2. The van der Waals surface area contributed by atoms with E-state index in [9.17, 15) is 9.90 Å². The Morgan fingerprint density at radius 3 is 2.57 bits per heavy atom. The van der Waals surface area contributed by atoms with Gasteiger partial charge < -0.3 is 16.2 Å². The molecule has 21 heavy (non-hydrogen) atoms. The molecule has 0 spiro atoms. The summed E-state index contributed by atoms with van der Waals surface area (Å²) < 4.78 is 0. The van der Waals surface area contributed by atoms with Gasteiger partial charge in [0.15, 0.2) is 0 Å². The molecule has 0 heterocycles. The smallest absolute Gasteiger partial charge is 0.253 e. The number of anilines is 1. The summed E-state index contributed by atoms with van der Waals surface area (Å²) in [6, 6.07) is 14.0. The molecule has 0 saturated heterocycles. The molecule has 0 aromatic heterocycles. The highest BCUT2D eigenvalue weighted by Crippen LogP contribution is 2.19. The summed E-state index contributed by atoms with van der Waals surface area (Å²) in [7, 11) is 0. The molecule has 0 fully saturated rings. The number of benzene rings is 2. The summed E-state index contributed by atoms with van der Waals surface area (Å²) in [6.07, 6.45) is 0.551. The van der Waals surface area contributed by atoms with Crippen LogP contribution in [0.2, 0.25) is 5.02 Å². The van der Waals surface area contributed by atoms with E-state index in [2.05, 4.69) is 5.32 Å². The van der Waals surface area contributed by atoms with Gasteiger partial charge in [-0.1, -0.05) is 41.9 Å². The van der Waals surface area contributed by atoms with E-state index in [4.69, 9.17) is 17.3 Å². The Kier molecular flexibility index (Phi) is 5.20. The zero-order valence-corrected chi connectivity index (χ0v) is 12.2. The van der Waals surface area contributed by atoms with E-state index in [0.717, 1.165) is 5.56 Å². The molecule has 0 aliphatic heterocycles. The molecule has 0 saturated carbocycles. The fourth-order valence-corrected chi connectivity index (χ4v) is 2.31. The highest BCUT2D eigenvalue weighted by atomic mass is 35.5. The quantitative estimate of drug-likeness (QED) is 0.742. The topological polar surface area (TPSA) is 75.4 Å². The average Bonchev–Trinajstić information content (AvgIpc) is 2.47. The first-order valence-corrected chi connectivity index (χ1v) is 6.98. The first-order chi connectivity index (χ1) is 10.1. The lowest BCUT2D eigenvalue weighted by atomic mass is 10.1. The molecule has 2 rings (SSSR count). The van der Waals surface area contributed by atoms with Crippen LogP contribution in [0, 0.1) is 0 Å². The van der Waals surface area contributed by atoms with Gasteiger partial charge >= 0.3 is 0 Å². The minimum atomic E-state index is -0.367. The van der Waals surface area contributed by atoms with Gasteiger partial charge in [0.25, 0.3) is 5.91 Å². The average molecular weight is 305 g/mol. The summed E-state index contributed by atoms with van der Waals surface area (Å²) in [6.45, 7) is -0.146. The fourth-order valence-electron chi connectivity index (χ4n) is 2.04. The van der Waals surface area contributed by atoms with Crippen LogP contribution in [0.5, 0.6) is 0 Å². The Hall–Kier alpha value is -2.04. The van der Waals surface area contributed by atoms with Crippen molar-refractivity contribution >= 4 is 23.2 Å². The van der Waals surface area contributed by atoms with Gasteiger partial charge in [-0.15, -0.1) is 0 Å². The third-order valence-corrected chi connectivity index (χ3v) is 3.43. The monoisotopic (exact) mass is 304 g/mol. The lowest BCUT2D eigenvalue weighted by molar-refractivity contribution is 0.0916. The van der Waals surface area contributed by atoms with Crippen molar-refractivity contribution in [3.63, 3.8) is 0 Å². The van der Waals surface area contributed by atoms with Crippen LogP contribution in [0.3, 0.4) is 0 Å². The molecule has 0 aliphatic rings. The predicted molar refractivity (Wildman–Crippen MR) is 84.4 cm³/mol. The van der Waals surface area contributed by atoms with Crippen molar-refractivity contribution < 1.29 is 9.90 Å². The molecule has 110 valence electrons. The predicted octanol–water partition coefficient (Wildman–Crippen LogP) is 2.26. The molecule has 1 atom stereocenters. The minimum absolute atomic E-state index is 0.146. The molecule has 5 heteroatoms. The Bertz CT molecular complexity index is 617. The number of nitrogens with two attached hydrogens (primary N) is 1. The number of aliphatic hydroxyl groups is 1. The first kappa shape index (κ1) is 15.4. The molecular weight excluding hydrogens is 288 g/mol. The summed E-state index contributed by atoms with van der Waals surface area (Å²) in [5, 5.41) is 12.5. The van der Waals surface area contributed by atoms with E-state index in [-0.39, 0.29) is 18.6 Å². The van der Waals surface area contributed by atoms with Gasteiger partial charge in [-0.25, -0.2) is 0 Å². The van der Waals surface area contributed by atoms with E-state index >= 15 is 0 Å². The van der Waals surface area contributed by atoms with Crippen LogP contribution in [0.25, 0.3) is 0 Å². The number of carbonyl (C=O) groups is 1. The van der Waals surface area contributed by atoms with Crippen LogP contribution in [0.15, 0.2) is 48.5 Å². The van der Waals surface area contributed by atoms with E-state index < -0.39 is 0 Å². The first-order valence-electron chi connectivity index (χ1n) is 6.61. The lowest BCUT2D eigenvalue weighted by Gasteiger charge is -2.17. The van der Waals surface area contributed by atoms with Crippen molar-refractivity contribution in [3.8, 4) is 0 Å². The second-order valence-electron chi connectivity index (χ2n) is 4.78. The largest absolute Gasteiger partial charge is 0.399 e. The molecule has 2 aromatic carbocycles. The summed E-state index contributed by atoms with van der Waals surface area (Å²) in [5.74, 6) is -0.324. The van der Waals surface area contributed by atoms with E-state index in [1.54, 1.807) is 12.1 Å². The SMILES string of the molecule is Nc1ccc(C(=O)N[C@@H](CO)Cc2ccccc2)c(Cl)c1. The highest BCUT2D eigenvalue weighted by molar-refractivity contribution is 6.34. The zero-order valence-electron chi connectivity index (χ0n) is 11.4. The summed E-state index contributed by atoms with van der Waals surface area (Å²) >= 11 is 6.01. The number of aliphatic hydroxyl groups excluding tert-OH is 1. The highest BCUT2D eigenvalue weighted by Gasteiger charge is 2.16. The van der Waals surface area contributed by atoms with Crippen molar-refractivity contribution in [2.45, 2.75) is 12.5 Å². The third kappa shape index (κ3) is 4.21. The van der Waals surface area contributed by atoms with Crippen LogP contribution in [-0.2, 0) is 6.42 Å². The molecule has 0 unspecified atom stereocenters. The number of hydrogen-bond donors (Lipinski definition) is 3. The van der Waals surface area contributed by atoms with Gasteiger partial charge in [0.1, 0.15) is 0 Å². The van der Waals surface area contributed by atoms with Crippen LogP contribution < -0.4 is 11.1 Å². The van der Waals surface area contributed by atoms with Crippen molar-refractivity contribution in [1.29, 1.82) is 0 Å². The molecule has 4 N–H and O–H groups in total. The summed E-state index contributed by atoms with van der Waals surface area (Å²) in [4.78, 5) is 12.2. The van der Waals surface area contributed by atoms with Gasteiger partial charge in [0.05, 0.1) is 23.2 Å². The van der Waals surface area contributed by atoms with Crippen LogP contribution >= 0.6 is 11.6 Å². The number of hydrogen-bond acceptors (Lipinski definition) is 3. The lowest BCUT2D eigenvalue weighted by Crippen LogP contribution is -2.39. The van der Waals surface area contributed by atoms with Crippen molar-refractivity contribution in [2.24, 2.45) is 0 Å². The second kappa shape index (κ2) is 7.11. The van der Waals surface area contributed by atoms with Crippen molar-refractivity contribution in [1.82, 2.24) is 5.32 Å². The third-order valence-electron chi connectivity index (χ3n) is 3.12. The Morgan fingerprint density at radius 2 is 1.95 bits per heavy atom. The van der Waals surface area contributed by atoms with Gasteiger partial charge in [-0.05, 0) is 30.2 Å². The minimum Gasteiger partial charge on any atom is -0.399 e. The second-order valence-corrected chi connectivity index (χ2v) is 5.19. The van der Waals surface area contributed by atoms with Crippen molar-refractivity contribution in [2.75, 3.05) is 12.3 Å². The van der Waals surface area contributed by atoms with Crippen LogP contribution in [0.4, 0.5) is 5.69 Å². The molecule has 0 aliphatic carbocycles. The number of halogens is 1. The summed E-state index contributed by atoms with van der Waals surface area (Å²) in [5.41, 5.74) is 7.49. The van der Waals surface area contributed by atoms with Crippen molar-refractivity contribution in [3.05, 3.63) is 64.7 Å². The van der Waals surface area contributed by atoms with E-state index in [1.165, 1.54) is 6.07 Å². The zero-order chi connectivity index (χ0) is 15.2. The Balaban J connectivity index is 2.06. The number of nitrogens with one attached hydrogen (secondary N) is 1. The van der Waals surface area contributed by atoms with Gasteiger partial charge in [-0.3, -0.25) is 4.79 Å². The van der Waals surface area contributed by atoms with Crippen LogP contribution in [0.1, 0.15) is 15.9 Å². The molecule has 0 radical (unpaired) electrons. The van der Waals surface area contributed by atoms with Gasteiger partial charge in [0, 0.05) is 5.69 Å². The number of rotatable bonds is 5. The molecule has 2 aromatic rings. The normalized spacial score (nSPS) is 11.9. The molecule has 0 bridgehead atoms. The van der Waals surface area contributed by atoms with E-state index in [1.807, 2.05) is 30.3 Å². The number of carbonyl (C=O) groups excluding carboxylic acids is 1. The van der Waals surface area contributed by atoms with Gasteiger partial charge in [-0.2, -0.15) is 0 Å². The van der Waals surface area contributed by atoms with Gasteiger partial charge in [0.2, 0.25) is 0 Å². The molecular formula is C16H17ClN2O2. The Labute approximate surface area is 128 Å². The standard InChI is InChI=1S/C16H17ClN2O2/c17-15-9-12(18)6-7-14(15)16(21)19-13(10-20)8-11-4-2-1-3-5-11/h1-7,9,13,20H,8,10,18H2,(H,19,21)/t13-/m1/s1. The molecule has 1 amide bonds. The van der Waals surface area contributed by atoms with E-state index in [0.29, 0.717) is 22.7 Å². The maximum Gasteiger partial charge on any atom is 0.253 e. The maximum atomic E-state index is 12.2. The fraction of sp³-hybridized carbons (Fsp3) is 0.188. The molecule has 4 nitrogen and oxygen atoms in total. The number of nitrogen functional groups attached to an aromatic ring is 1.